The zero-order valence-electron chi connectivity index (χ0n) is 11.0. The van der Waals surface area contributed by atoms with Gasteiger partial charge in [-0.15, -0.1) is 0 Å². The second-order valence-corrected chi connectivity index (χ2v) is 5.38. The van der Waals surface area contributed by atoms with Crippen molar-refractivity contribution in [1.29, 1.82) is 0 Å². The molecule has 3 rings (SSSR count). The number of alkyl halides is 1. The van der Waals surface area contributed by atoms with E-state index in [9.17, 15) is 19.3 Å². The second-order valence-electron chi connectivity index (χ2n) is 4.81. The van der Waals surface area contributed by atoms with E-state index in [0.717, 1.165) is 12.1 Å². The van der Waals surface area contributed by atoms with Crippen LogP contribution in [0.2, 0.25) is 0 Å². The minimum absolute atomic E-state index is 0.0487. The first-order valence-electron chi connectivity index (χ1n) is 6.34. The summed E-state index contributed by atoms with van der Waals surface area (Å²) in [6.07, 6.45) is -1.35. The summed E-state index contributed by atoms with van der Waals surface area (Å²) in [5, 5.41) is 11.4. The van der Waals surface area contributed by atoms with E-state index >= 15 is 0 Å². The van der Waals surface area contributed by atoms with Gasteiger partial charge >= 0.3 is 5.00 Å². The maximum absolute atomic E-state index is 13.0. The summed E-state index contributed by atoms with van der Waals surface area (Å²) in [5.74, 6) is -1.15. The first-order valence-corrected chi connectivity index (χ1v) is 6.71. The van der Waals surface area contributed by atoms with Crippen LogP contribution in [0.3, 0.4) is 0 Å². The molecule has 0 unspecified atom stereocenters. The summed E-state index contributed by atoms with van der Waals surface area (Å²) in [6.45, 7) is 0. The number of para-hydroxylation sites is 1. The van der Waals surface area contributed by atoms with E-state index in [2.05, 4.69) is 0 Å². The van der Waals surface area contributed by atoms with Gasteiger partial charge in [0.1, 0.15) is 11.6 Å². The van der Waals surface area contributed by atoms with Crippen molar-refractivity contribution in [3.63, 3.8) is 0 Å². The molecule has 0 bridgehead atoms. The highest BCUT2D eigenvalue weighted by Crippen LogP contribution is 2.45. The monoisotopic (exact) mass is 321 g/mol. The number of Topliss-reactive ketones (excluding diaryl/α,β-unsaturated/α-hetero) is 1. The second kappa shape index (κ2) is 5.06. The van der Waals surface area contributed by atoms with Crippen molar-refractivity contribution in [3.8, 4) is 5.75 Å². The molecule has 0 spiro atoms. The molecule has 2 atom stereocenters. The summed E-state index contributed by atoms with van der Waals surface area (Å²) >= 11 is 6.06. The van der Waals surface area contributed by atoms with Crippen LogP contribution < -0.4 is 4.74 Å². The molecule has 1 heterocycles. The number of halogens is 2. The SMILES string of the molecule is O=C1c2ccccc2O[C@H](c2ccc(F)cc2)[C@@]1(Cl)[N+](=O)[O-]. The number of nitrogens with zero attached hydrogens (tertiary/aromatic N) is 1. The molecule has 0 fully saturated rings. The number of hydrogen-bond acceptors (Lipinski definition) is 4. The number of carbonyl (C=O) groups excluding carboxylic acids is 1. The molecule has 112 valence electrons. The van der Waals surface area contributed by atoms with Crippen LogP contribution in [-0.4, -0.2) is 15.7 Å². The van der Waals surface area contributed by atoms with E-state index in [1.807, 2.05) is 0 Å². The Kier molecular flexibility index (Phi) is 3.33. The number of benzene rings is 2. The molecule has 0 saturated heterocycles. The summed E-state index contributed by atoms with van der Waals surface area (Å²) in [6, 6.07) is 11.0. The van der Waals surface area contributed by atoms with Crippen LogP contribution in [0.1, 0.15) is 22.0 Å². The van der Waals surface area contributed by atoms with E-state index in [1.54, 1.807) is 12.1 Å². The third kappa shape index (κ3) is 2.03. The van der Waals surface area contributed by atoms with Gasteiger partial charge in [-0.25, -0.2) is 4.39 Å². The van der Waals surface area contributed by atoms with E-state index in [0.29, 0.717) is 0 Å². The van der Waals surface area contributed by atoms with Crippen molar-refractivity contribution < 1.29 is 18.8 Å². The van der Waals surface area contributed by atoms with Crippen molar-refractivity contribution in [3.05, 3.63) is 75.6 Å². The third-order valence-corrected chi connectivity index (χ3v) is 3.99. The smallest absolute Gasteiger partial charge is 0.397 e. The summed E-state index contributed by atoms with van der Waals surface area (Å²) in [5.41, 5.74) is 0.295. The van der Waals surface area contributed by atoms with Gasteiger partial charge in [-0.1, -0.05) is 24.3 Å². The van der Waals surface area contributed by atoms with Gasteiger partial charge in [-0.2, -0.15) is 0 Å². The molecule has 0 aliphatic carbocycles. The van der Waals surface area contributed by atoms with Gasteiger partial charge in [0.25, 0.3) is 5.78 Å². The molecule has 0 radical (unpaired) electrons. The van der Waals surface area contributed by atoms with E-state index in [-0.39, 0.29) is 16.9 Å². The number of ether oxygens (including phenoxy) is 1. The van der Waals surface area contributed by atoms with Crippen LogP contribution >= 0.6 is 11.6 Å². The zero-order valence-corrected chi connectivity index (χ0v) is 11.8. The highest BCUT2D eigenvalue weighted by molar-refractivity contribution is 6.37. The van der Waals surface area contributed by atoms with Crippen LogP contribution in [0.15, 0.2) is 48.5 Å². The van der Waals surface area contributed by atoms with Gasteiger partial charge in [0.15, 0.2) is 0 Å². The van der Waals surface area contributed by atoms with Crippen LogP contribution in [-0.2, 0) is 0 Å². The first-order chi connectivity index (χ1) is 10.4. The molecule has 1 aliphatic heterocycles. The predicted octanol–water partition coefficient (Wildman–Crippen LogP) is 3.35. The minimum Gasteiger partial charge on any atom is -0.475 e. The number of carbonyl (C=O) groups is 1. The van der Waals surface area contributed by atoms with Gasteiger partial charge in [0, 0.05) is 5.56 Å². The first kappa shape index (κ1) is 14.5. The van der Waals surface area contributed by atoms with E-state index in [4.69, 9.17) is 16.3 Å². The Hall–Kier alpha value is -2.47. The fourth-order valence-electron chi connectivity index (χ4n) is 2.38. The fraction of sp³-hybridized carbons (Fsp3) is 0.133. The van der Waals surface area contributed by atoms with Crippen molar-refractivity contribution in [2.75, 3.05) is 0 Å². The van der Waals surface area contributed by atoms with Crippen molar-refractivity contribution >= 4 is 17.4 Å². The lowest BCUT2D eigenvalue weighted by atomic mass is 9.91. The van der Waals surface area contributed by atoms with Crippen LogP contribution in [0.5, 0.6) is 5.75 Å². The molecule has 1 aliphatic rings. The summed E-state index contributed by atoms with van der Waals surface area (Å²) < 4.78 is 18.6. The third-order valence-electron chi connectivity index (χ3n) is 3.48. The summed E-state index contributed by atoms with van der Waals surface area (Å²) in [4.78, 5) is 20.6. The average molecular weight is 322 g/mol. The minimum atomic E-state index is -2.49. The Morgan fingerprint density at radius 1 is 1.18 bits per heavy atom. The molecule has 2 aromatic carbocycles. The predicted molar refractivity (Wildman–Crippen MR) is 76.1 cm³/mol. The number of rotatable bonds is 2. The molecule has 2 aromatic rings. The van der Waals surface area contributed by atoms with Crippen molar-refractivity contribution in [1.82, 2.24) is 0 Å². The van der Waals surface area contributed by atoms with Crippen LogP contribution in [0.4, 0.5) is 4.39 Å². The highest BCUT2D eigenvalue weighted by atomic mass is 35.5. The molecule has 0 aromatic heterocycles. The Morgan fingerprint density at radius 3 is 2.45 bits per heavy atom. The van der Waals surface area contributed by atoms with Gasteiger partial charge in [0.05, 0.1) is 10.5 Å². The fourth-order valence-corrected chi connectivity index (χ4v) is 2.65. The lowest BCUT2D eigenvalue weighted by molar-refractivity contribution is -0.536. The topological polar surface area (TPSA) is 69.4 Å². The lowest BCUT2D eigenvalue weighted by Crippen LogP contribution is -2.51. The maximum Gasteiger partial charge on any atom is 0.397 e. The molecular formula is C15H9ClFNO4. The summed E-state index contributed by atoms with van der Waals surface area (Å²) in [7, 11) is 0. The number of fused-ring (bicyclic) bond motifs is 1. The Morgan fingerprint density at radius 2 is 1.82 bits per heavy atom. The maximum atomic E-state index is 13.0. The van der Waals surface area contributed by atoms with E-state index in [1.165, 1.54) is 24.3 Å². The van der Waals surface area contributed by atoms with Crippen molar-refractivity contribution in [2.45, 2.75) is 11.1 Å². The van der Waals surface area contributed by atoms with Gasteiger partial charge in [-0.05, 0) is 35.9 Å². The van der Waals surface area contributed by atoms with Crippen molar-refractivity contribution in [2.24, 2.45) is 0 Å². The average Bonchev–Trinajstić information content (AvgIpc) is 2.51. The van der Waals surface area contributed by atoms with E-state index < -0.39 is 27.6 Å². The Labute approximate surface area is 129 Å². The molecule has 0 N–H and O–H groups in total. The molecule has 5 nitrogen and oxygen atoms in total. The van der Waals surface area contributed by atoms with Gasteiger partial charge < -0.3 is 4.74 Å². The quantitative estimate of drug-likeness (QED) is 0.368. The zero-order chi connectivity index (χ0) is 15.9. The normalized spacial score (nSPS) is 23.5. The molecule has 7 heteroatoms. The Bertz CT molecular complexity index is 764. The molecule has 22 heavy (non-hydrogen) atoms. The Balaban J connectivity index is 2.18. The standard InChI is InChI=1S/C15H9ClFNO4/c16-15(18(20)21)13(19)11-3-1-2-4-12(11)22-14(15)9-5-7-10(17)8-6-9/h1-8,14H/t14-,15+/m1/s1. The molecule has 0 amide bonds. The lowest BCUT2D eigenvalue weighted by Gasteiger charge is -2.32. The molecular weight excluding hydrogens is 313 g/mol. The van der Waals surface area contributed by atoms with Gasteiger partial charge in [-0.3, -0.25) is 14.9 Å². The van der Waals surface area contributed by atoms with Gasteiger partial charge in [0.2, 0.25) is 6.10 Å². The number of nitro groups is 1. The number of hydrogen-bond donors (Lipinski definition) is 0. The largest absolute Gasteiger partial charge is 0.475 e. The molecule has 0 saturated carbocycles. The van der Waals surface area contributed by atoms with Crippen LogP contribution in [0, 0.1) is 15.9 Å². The number of ketones is 1. The van der Waals surface area contributed by atoms with Crippen LogP contribution in [0.25, 0.3) is 0 Å². The highest BCUT2D eigenvalue weighted by Gasteiger charge is 2.62.